The van der Waals surface area contributed by atoms with Crippen LogP contribution in [0.2, 0.25) is 0 Å². The van der Waals surface area contributed by atoms with Gasteiger partial charge in [0.15, 0.2) is 0 Å². The van der Waals surface area contributed by atoms with Crippen molar-refractivity contribution in [1.82, 2.24) is 9.88 Å². The number of ether oxygens (including phenoxy) is 2. The van der Waals surface area contributed by atoms with Crippen molar-refractivity contribution >= 4 is 17.6 Å². The first-order chi connectivity index (χ1) is 13.4. The SMILES string of the molecule is NC(=O)C[C@@]1(COc2ccc(F)cc2)CN(C(=O)c2ccc(N)nc2)CCO1. The highest BCUT2D eigenvalue weighted by molar-refractivity contribution is 5.94. The van der Waals surface area contributed by atoms with E-state index < -0.39 is 11.5 Å². The first-order valence-electron chi connectivity index (χ1n) is 8.68. The average molecular weight is 388 g/mol. The summed E-state index contributed by atoms with van der Waals surface area (Å²) in [6.07, 6.45) is 1.27. The number of hydrogen-bond acceptors (Lipinski definition) is 6. The van der Waals surface area contributed by atoms with Gasteiger partial charge in [0.05, 0.1) is 25.1 Å². The lowest BCUT2D eigenvalue weighted by Gasteiger charge is -2.41. The van der Waals surface area contributed by atoms with E-state index in [2.05, 4.69) is 4.98 Å². The highest BCUT2D eigenvalue weighted by atomic mass is 19.1. The van der Waals surface area contributed by atoms with Crippen LogP contribution in [0.4, 0.5) is 10.2 Å². The number of morpholine rings is 1. The van der Waals surface area contributed by atoms with E-state index in [4.69, 9.17) is 20.9 Å². The molecule has 2 heterocycles. The highest BCUT2D eigenvalue weighted by Crippen LogP contribution is 2.25. The number of carbonyl (C=O) groups excluding carboxylic acids is 2. The van der Waals surface area contributed by atoms with E-state index in [1.165, 1.54) is 30.5 Å². The Morgan fingerprint density at radius 3 is 2.64 bits per heavy atom. The predicted octanol–water partition coefficient (Wildman–Crippen LogP) is 0.968. The van der Waals surface area contributed by atoms with Gasteiger partial charge < -0.3 is 25.8 Å². The molecule has 9 heteroatoms. The Bertz CT molecular complexity index is 844. The Morgan fingerprint density at radius 1 is 1.25 bits per heavy atom. The highest BCUT2D eigenvalue weighted by Gasteiger charge is 2.41. The minimum absolute atomic E-state index is 0.0225. The molecule has 1 atom stereocenters. The molecule has 1 fully saturated rings. The molecule has 3 rings (SSSR count). The van der Waals surface area contributed by atoms with E-state index in [0.29, 0.717) is 23.7 Å². The molecule has 1 aromatic carbocycles. The number of nitrogens with two attached hydrogens (primary N) is 2. The number of pyridine rings is 1. The monoisotopic (exact) mass is 388 g/mol. The summed E-state index contributed by atoms with van der Waals surface area (Å²) in [4.78, 5) is 29.9. The third-order valence-corrected chi connectivity index (χ3v) is 4.38. The summed E-state index contributed by atoms with van der Waals surface area (Å²) in [5.41, 5.74) is 10.2. The predicted molar refractivity (Wildman–Crippen MR) is 98.9 cm³/mol. The summed E-state index contributed by atoms with van der Waals surface area (Å²) in [5, 5.41) is 0. The van der Waals surface area contributed by atoms with E-state index in [1.807, 2.05) is 0 Å². The van der Waals surface area contributed by atoms with Gasteiger partial charge >= 0.3 is 0 Å². The lowest BCUT2D eigenvalue weighted by Crippen LogP contribution is -2.58. The van der Waals surface area contributed by atoms with Crippen molar-refractivity contribution in [2.24, 2.45) is 5.73 Å². The van der Waals surface area contributed by atoms with Crippen molar-refractivity contribution in [3.8, 4) is 5.75 Å². The molecule has 0 aliphatic carbocycles. The Hall–Kier alpha value is -3.20. The molecule has 28 heavy (non-hydrogen) atoms. The fourth-order valence-corrected chi connectivity index (χ4v) is 3.04. The van der Waals surface area contributed by atoms with Crippen molar-refractivity contribution in [3.05, 3.63) is 54.0 Å². The molecule has 1 aliphatic heterocycles. The second kappa shape index (κ2) is 8.22. The van der Waals surface area contributed by atoms with Gasteiger partial charge in [-0.25, -0.2) is 9.37 Å². The molecule has 0 spiro atoms. The maximum absolute atomic E-state index is 13.1. The van der Waals surface area contributed by atoms with E-state index in [1.54, 1.807) is 17.0 Å². The molecule has 4 N–H and O–H groups in total. The van der Waals surface area contributed by atoms with Crippen LogP contribution in [0.5, 0.6) is 5.75 Å². The molecule has 0 saturated carbocycles. The Morgan fingerprint density at radius 2 is 2.00 bits per heavy atom. The van der Waals surface area contributed by atoms with Crippen molar-refractivity contribution in [1.29, 1.82) is 0 Å². The molecular weight excluding hydrogens is 367 g/mol. The number of hydrogen-bond donors (Lipinski definition) is 2. The van der Waals surface area contributed by atoms with Crippen LogP contribution in [0.25, 0.3) is 0 Å². The second-order valence-corrected chi connectivity index (χ2v) is 6.62. The first-order valence-corrected chi connectivity index (χ1v) is 8.68. The van der Waals surface area contributed by atoms with Gasteiger partial charge in [0.1, 0.15) is 29.6 Å². The van der Waals surface area contributed by atoms with E-state index in [0.717, 1.165) is 0 Å². The van der Waals surface area contributed by atoms with Gasteiger partial charge in [-0.1, -0.05) is 0 Å². The third kappa shape index (κ3) is 4.74. The average Bonchev–Trinajstić information content (AvgIpc) is 2.67. The number of rotatable bonds is 6. The van der Waals surface area contributed by atoms with Crippen LogP contribution in [-0.2, 0) is 9.53 Å². The van der Waals surface area contributed by atoms with Crippen LogP contribution in [0.15, 0.2) is 42.6 Å². The van der Waals surface area contributed by atoms with Gasteiger partial charge in [-0.05, 0) is 36.4 Å². The van der Waals surface area contributed by atoms with Crippen LogP contribution in [0, 0.1) is 5.82 Å². The van der Waals surface area contributed by atoms with Crippen molar-refractivity contribution in [2.45, 2.75) is 12.0 Å². The lowest BCUT2D eigenvalue weighted by atomic mass is 9.97. The number of amides is 2. The molecule has 1 aromatic heterocycles. The van der Waals surface area contributed by atoms with Gasteiger partial charge in [0.25, 0.3) is 5.91 Å². The fourth-order valence-electron chi connectivity index (χ4n) is 3.04. The zero-order valence-corrected chi connectivity index (χ0v) is 15.1. The van der Waals surface area contributed by atoms with Crippen LogP contribution in [0.1, 0.15) is 16.8 Å². The van der Waals surface area contributed by atoms with Crippen molar-refractivity contribution in [3.63, 3.8) is 0 Å². The van der Waals surface area contributed by atoms with Gasteiger partial charge in [-0.2, -0.15) is 0 Å². The number of nitrogens with zero attached hydrogens (tertiary/aromatic N) is 2. The van der Waals surface area contributed by atoms with E-state index in [9.17, 15) is 14.0 Å². The molecule has 2 amide bonds. The molecule has 8 nitrogen and oxygen atoms in total. The van der Waals surface area contributed by atoms with Crippen LogP contribution in [-0.4, -0.2) is 53.6 Å². The Balaban J connectivity index is 1.75. The molecule has 2 aromatic rings. The minimum atomic E-state index is -1.10. The lowest BCUT2D eigenvalue weighted by molar-refractivity contribution is -0.142. The molecular formula is C19H21FN4O4. The zero-order valence-electron chi connectivity index (χ0n) is 15.1. The number of anilines is 1. The molecule has 0 bridgehead atoms. The fraction of sp³-hybridized carbons (Fsp3) is 0.316. The number of carbonyl (C=O) groups is 2. The molecule has 148 valence electrons. The van der Waals surface area contributed by atoms with Crippen LogP contribution in [0.3, 0.4) is 0 Å². The van der Waals surface area contributed by atoms with E-state index in [-0.39, 0.29) is 37.9 Å². The third-order valence-electron chi connectivity index (χ3n) is 4.38. The van der Waals surface area contributed by atoms with Crippen molar-refractivity contribution in [2.75, 3.05) is 32.0 Å². The van der Waals surface area contributed by atoms with Crippen LogP contribution < -0.4 is 16.2 Å². The molecule has 0 radical (unpaired) electrons. The number of halogens is 1. The standard InChI is InChI=1S/C19H21FN4O4/c20-14-2-4-15(5-3-14)27-12-19(9-17(22)25)11-24(7-8-28-19)18(26)13-1-6-16(21)23-10-13/h1-6,10H,7-9,11-12H2,(H2,21,23)(H2,22,25)/t19-/m0/s1. The Labute approximate surface area is 161 Å². The summed E-state index contributed by atoms with van der Waals surface area (Å²) in [6.45, 7) is 0.653. The quantitative estimate of drug-likeness (QED) is 0.761. The summed E-state index contributed by atoms with van der Waals surface area (Å²) < 4.78 is 24.6. The maximum atomic E-state index is 13.1. The number of primary amides is 1. The summed E-state index contributed by atoms with van der Waals surface area (Å²) >= 11 is 0. The Kier molecular flexibility index (Phi) is 5.74. The molecule has 1 aliphatic rings. The number of nitrogen functional groups attached to an aromatic ring is 1. The normalized spacial score (nSPS) is 19.2. The van der Waals surface area contributed by atoms with Gasteiger partial charge in [-0.15, -0.1) is 0 Å². The van der Waals surface area contributed by atoms with E-state index >= 15 is 0 Å². The van der Waals surface area contributed by atoms with Crippen molar-refractivity contribution < 1.29 is 23.5 Å². The molecule has 1 saturated heterocycles. The first kappa shape index (κ1) is 19.6. The molecule has 0 unspecified atom stereocenters. The zero-order chi connectivity index (χ0) is 20.1. The number of aromatic nitrogens is 1. The number of benzene rings is 1. The topological polar surface area (TPSA) is 121 Å². The minimum Gasteiger partial charge on any atom is -0.490 e. The summed E-state index contributed by atoms with van der Waals surface area (Å²) in [5.74, 6) is -0.492. The summed E-state index contributed by atoms with van der Waals surface area (Å²) in [7, 11) is 0. The van der Waals surface area contributed by atoms with Crippen LogP contribution >= 0.6 is 0 Å². The summed E-state index contributed by atoms with van der Waals surface area (Å²) in [6, 6.07) is 8.61. The van der Waals surface area contributed by atoms with Gasteiger partial charge in [0.2, 0.25) is 5.91 Å². The smallest absolute Gasteiger partial charge is 0.255 e. The van der Waals surface area contributed by atoms with Gasteiger partial charge in [-0.3, -0.25) is 9.59 Å². The second-order valence-electron chi connectivity index (χ2n) is 6.62. The largest absolute Gasteiger partial charge is 0.490 e. The maximum Gasteiger partial charge on any atom is 0.255 e. The van der Waals surface area contributed by atoms with Gasteiger partial charge in [0, 0.05) is 12.7 Å².